The van der Waals surface area contributed by atoms with Crippen LogP contribution in [0.25, 0.3) is 0 Å². The highest BCUT2D eigenvalue weighted by atomic mass is 31.2. The minimum atomic E-state index is -4.96. The van der Waals surface area contributed by atoms with Crippen molar-refractivity contribution in [3.8, 4) is 0 Å². The number of phosphoric ester groups is 2. The van der Waals surface area contributed by atoms with Crippen molar-refractivity contribution >= 4 is 39.5 Å². The van der Waals surface area contributed by atoms with E-state index in [-0.39, 0.29) is 25.7 Å². The molecule has 19 heteroatoms. The summed E-state index contributed by atoms with van der Waals surface area (Å²) < 4.78 is 68.5. The van der Waals surface area contributed by atoms with Crippen LogP contribution in [0.5, 0.6) is 0 Å². The first-order valence-electron chi connectivity index (χ1n) is 40.1. The maximum atomic E-state index is 13.1. The third kappa shape index (κ3) is 70.5. The Hall–Kier alpha value is -1.94. The molecule has 0 aromatic heterocycles. The van der Waals surface area contributed by atoms with E-state index in [4.69, 9.17) is 37.0 Å². The topological polar surface area (TPSA) is 237 Å². The fourth-order valence-corrected chi connectivity index (χ4v) is 13.5. The Kier molecular flexibility index (Phi) is 68.7. The highest BCUT2D eigenvalue weighted by Gasteiger charge is 2.30. The van der Waals surface area contributed by atoms with Crippen molar-refractivity contribution in [1.82, 2.24) is 0 Å². The number of unbranched alkanes of at least 4 members (excludes halogenated alkanes) is 49. The van der Waals surface area contributed by atoms with Crippen LogP contribution in [-0.4, -0.2) is 96.7 Å². The van der Waals surface area contributed by atoms with Crippen molar-refractivity contribution in [1.29, 1.82) is 0 Å². The summed E-state index contributed by atoms with van der Waals surface area (Å²) in [5.41, 5.74) is 0. The Balaban J connectivity index is 5.17. The maximum Gasteiger partial charge on any atom is 0.472 e. The van der Waals surface area contributed by atoms with E-state index < -0.39 is 97.5 Å². The van der Waals surface area contributed by atoms with Gasteiger partial charge in [0.15, 0.2) is 12.2 Å². The van der Waals surface area contributed by atoms with Crippen LogP contribution in [0.1, 0.15) is 407 Å². The lowest BCUT2D eigenvalue weighted by Gasteiger charge is -2.21. The number of hydrogen-bond donors (Lipinski definition) is 3. The average Bonchev–Trinajstić information content (AvgIpc) is 1.23. The first kappa shape index (κ1) is 94.1. The van der Waals surface area contributed by atoms with E-state index in [0.29, 0.717) is 25.7 Å². The minimum Gasteiger partial charge on any atom is -0.462 e. The van der Waals surface area contributed by atoms with E-state index in [9.17, 15) is 43.2 Å². The van der Waals surface area contributed by atoms with Crippen LogP contribution in [-0.2, 0) is 65.4 Å². The molecule has 0 aromatic rings. The lowest BCUT2D eigenvalue weighted by molar-refractivity contribution is -0.161. The molecule has 0 fully saturated rings. The summed E-state index contributed by atoms with van der Waals surface area (Å²) in [6.45, 7) is 7.25. The number of phosphoric acid groups is 2. The van der Waals surface area contributed by atoms with E-state index in [1.54, 1.807) is 0 Å². The van der Waals surface area contributed by atoms with Gasteiger partial charge in [-0.1, -0.05) is 356 Å². The van der Waals surface area contributed by atoms with Gasteiger partial charge in [0, 0.05) is 25.7 Å². The first-order chi connectivity index (χ1) is 46.5. The molecule has 0 saturated carbocycles. The summed E-state index contributed by atoms with van der Waals surface area (Å²) in [4.78, 5) is 72.7. The van der Waals surface area contributed by atoms with Gasteiger partial charge in [-0.05, 0) is 31.6 Å². The lowest BCUT2D eigenvalue weighted by Crippen LogP contribution is -2.30. The van der Waals surface area contributed by atoms with Crippen molar-refractivity contribution in [3.05, 3.63) is 0 Å². The molecule has 0 aliphatic heterocycles. The molecule has 17 nitrogen and oxygen atoms in total. The van der Waals surface area contributed by atoms with Crippen molar-refractivity contribution in [2.24, 2.45) is 5.92 Å². The highest BCUT2D eigenvalue weighted by molar-refractivity contribution is 7.47. The summed E-state index contributed by atoms with van der Waals surface area (Å²) in [5.74, 6) is -1.38. The van der Waals surface area contributed by atoms with Gasteiger partial charge < -0.3 is 33.8 Å². The van der Waals surface area contributed by atoms with Gasteiger partial charge in [-0.2, -0.15) is 0 Å². The molecule has 0 aliphatic rings. The van der Waals surface area contributed by atoms with E-state index in [0.717, 1.165) is 95.8 Å². The van der Waals surface area contributed by atoms with E-state index in [1.807, 2.05) is 0 Å². The quantitative estimate of drug-likeness (QED) is 0.0222. The van der Waals surface area contributed by atoms with Crippen LogP contribution in [0.15, 0.2) is 0 Å². The number of carbonyl (C=O) groups is 4. The van der Waals surface area contributed by atoms with E-state index >= 15 is 0 Å². The number of rotatable bonds is 77. The van der Waals surface area contributed by atoms with Crippen LogP contribution in [0, 0.1) is 5.92 Å². The molecule has 5 atom stereocenters. The zero-order valence-corrected chi connectivity index (χ0v) is 64.3. The molecular weight excluding hydrogens is 1260 g/mol. The number of carbonyl (C=O) groups excluding carboxylic acids is 4. The van der Waals surface area contributed by atoms with Crippen molar-refractivity contribution in [3.63, 3.8) is 0 Å². The Morgan fingerprint density at radius 1 is 0.281 bits per heavy atom. The summed E-state index contributed by atoms with van der Waals surface area (Å²) in [6.07, 6.45) is 59.8. The zero-order valence-electron chi connectivity index (χ0n) is 62.5. The third-order valence-electron chi connectivity index (χ3n) is 18.0. The van der Waals surface area contributed by atoms with Gasteiger partial charge in [0.05, 0.1) is 26.4 Å². The SMILES string of the molecule is CCCCCCCCCCCCCCCCCCCCCCCCC(=O)O[C@H](COC(=O)CCCCCCCCCCCCCCC)COP(=O)(O)OC[C@@H](O)COP(=O)(O)OC[C@@H](COC(=O)CCCCCCCCCCC)OC(=O)CCCCCCCCCCCC(C)C. The van der Waals surface area contributed by atoms with Crippen LogP contribution in [0.4, 0.5) is 0 Å². The predicted octanol–water partition coefficient (Wildman–Crippen LogP) is 22.9. The molecule has 0 spiro atoms. The fourth-order valence-electron chi connectivity index (χ4n) is 11.9. The van der Waals surface area contributed by atoms with E-state index in [1.165, 1.54) is 231 Å². The molecule has 0 radical (unpaired) electrons. The third-order valence-corrected chi connectivity index (χ3v) is 19.9. The summed E-state index contributed by atoms with van der Waals surface area (Å²) in [7, 11) is -9.91. The summed E-state index contributed by atoms with van der Waals surface area (Å²) in [6, 6.07) is 0. The van der Waals surface area contributed by atoms with Gasteiger partial charge in [-0.15, -0.1) is 0 Å². The largest absolute Gasteiger partial charge is 0.472 e. The molecule has 0 saturated heterocycles. The summed E-state index contributed by atoms with van der Waals surface area (Å²) >= 11 is 0. The van der Waals surface area contributed by atoms with Gasteiger partial charge in [-0.3, -0.25) is 37.3 Å². The molecule has 0 aliphatic carbocycles. The van der Waals surface area contributed by atoms with Gasteiger partial charge in [0.25, 0.3) is 0 Å². The number of aliphatic hydroxyl groups is 1. The Morgan fingerprint density at radius 2 is 0.479 bits per heavy atom. The molecule has 570 valence electrons. The van der Waals surface area contributed by atoms with Crippen molar-refractivity contribution in [2.45, 2.75) is 425 Å². The maximum absolute atomic E-state index is 13.1. The molecule has 0 heterocycles. The van der Waals surface area contributed by atoms with Gasteiger partial charge in [0.2, 0.25) is 0 Å². The Labute approximate surface area is 588 Å². The highest BCUT2D eigenvalue weighted by Crippen LogP contribution is 2.45. The predicted molar refractivity (Wildman–Crippen MR) is 391 cm³/mol. The second kappa shape index (κ2) is 70.1. The van der Waals surface area contributed by atoms with Crippen LogP contribution in [0.2, 0.25) is 0 Å². The first-order valence-corrected chi connectivity index (χ1v) is 43.1. The molecule has 0 rings (SSSR count). The van der Waals surface area contributed by atoms with Gasteiger partial charge in [-0.25, -0.2) is 9.13 Å². The monoisotopic (exact) mass is 1410 g/mol. The van der Waals surface area contributed by atoms with Gasteiger partial charge >= 0.3 is 39.5 Å². The minimum absolute atomic E-state index is 0.106. The average molecular weight is 1410 g/mol. The second-order valence-electron chi connectivity index (χ2n) is 28.2. The lowest BCUT2D eigenvalue weighted by atomic mass is 10.0. The second-order valence-corrected chi connectivity index (χ2v) is 31.1. The fraction of sp³-hybridized carbons (Fsp3) is 0.948. The molecule has 0 aromatic carbocycles. The van der Waals surface area contributed by atoms with Crippen molar-refractivity contribution < 1.29 is 80.2 Å². The van der Waals surface area contributed by atoms with Crippen LogP contribution >= 0.6 is 15.6 Å². The molecule has 3 N–H and O–H groups in total. The summed E-state index contributed by atoms with van der Waals surface area (Å²) in [5, 5.41) is 10.6. The van der Waals surface area contributed by atoms with Gasteiger partial charge in [0.1, 0.15) is 19.3 Å². The molecular formula is C77H150O17P2. The van der Waals surface area contributed by atoms with Crippen molar-refractivity contribution in [2.75, 3.05) is 39.6 Å². The zero-order chi connectivity index (χ0) is 70.5. The Bertz CT molecular complexity index is 1840. The Morgan fingerprint density at radius 3 is 0.708 bits per heavy atom. The molecule has 0 amide bonds. The van der Waals surface area contributed by atoms with Crippen LogP contribution in [0.3, 0.4) is 0 Å². The number of ether oxygens (including phenoxy) is 4. The molecule has 2 unspecified atom stereocenters. The normalized spacial score (nSPS) is 13.9. The van der Waals surface area contributed by atoms with Crippen LogP contribution < -0.4 is 0 Å². The number of esters is 4. The molecule has 0 bridgehead atoms. The molecule has 96 heavy (non-hydrogen) atoms. The standard InChI is InChI=1S/C77H150O17P2/c1-6-9-12-15-18-21-23-25-26-27-28-29-30-31-32-33-35-37-42-47-52-57-62-76(81)93-73(67-88-75(80)61-56-51-46-41-36-34-24-22-19-16-13-10-7-2)69-92-96(85,86)90-65-71(78)64-89-95(83,84)91-68-72(66-87-74(79)60-55-50-45-39-20-17-14-11-8-3)94-77(82)63-58-53-48-43-38-40-44-49-54-59-70(4)5/h70-73,78H,6-69H2,1-5H3,(H,83,84)(H,85,86)/t71-,72+,73+/m0/s1. The van der Waals surface area contributed by atoms with E-state index in [2.05, 4.69) is 34.6 Å². The number of aliphatic hydroxyl groups excluding tert-OH is 1. The smallest absolute Gasteiger partial charge is 0.462 e. The number of hydrogen-bond acceptors (Lipinski definition) is 15.